The molecule has 1 aliphatic rings. The monoisotopic (exact) mass is 453 g/mol. The molecular weight excluding hydrogens is 422 g/mol. The van der Waals surface area contributed by atoms with Crippen molar-refractivity contribution >= 4 is 0 Å². The molecule has 0 N–H and O–H groups in total. The first-order chi connectivity index (χ1) is 16.8. The van der Waals surface area contributed by atoms with Crippen molar-refractivity contribution in [1.82, 2.24) is 14.7 Å². The molecule has 5 rings (SSSR count). The Balaban J connectivity index is 1.37. The van der Waals surface area contributed by atoms with Gasteiger partial charge in [-0.15, -0.1) is 0 Å². The second kappa shape index (κ2) is 10.6. The van der Waals surface area contributed by atoms with E-state index in [1.165, 1.54) is 32.4 Å². The lowest BCUT2D eigenvalue weighted by molar-refractivity contribution is 0.183. The number of benzene rings is 3. The van der Waals surface area contributed by atoms with Crippen LogP contribution in [-0.4, -0.2) is 48.0 Å². The van der Waals surface area contributed by atoms with Crippen LogP contribution in [0.2, 0.25) is 0 Å². The fourth-order valence-corrected chi connectivity index (χ4v) is 4.45. The van der Waals surface area contributed by atoms with Gasteiger partial charge in [0.2, 0.25) is 0 Å². The van der Waals surface area contributed by atoms with Crippen LogP contribution in [0.15, 0.2) is 84.9 Å². The Hall–Kier alpha value is -3.57. The molecule has 2 heterocycles. The molecule has 1 fully saturated rings. The number of aromatic nitrogens is 2. The maximum Gasteiger partial charge on any atom is 0.119 e. The first-order valence-electron chi connectivity index (χ1n) is 12.1. The summed E-state index contributed by atoms with van der Waals surface area (Å²) in [5.41, 5.74) is 5.13. The minimum Gasteiger partial charge on any atom is -0.497 e. The van der Waals surface area contributed by atoms with E-state index in [-0.39, 0.29) is 0 Å². The maximum atomic E-state index is 6.03. The normalized spacial score (nSPS) is 14.1. The summed E-state index contributed by atoms with van der Waals surface area (Å²) in [7, 11) is 1.68. The quantitative estimate of drug-likeness (QED) is 0.324. The fourth-order valence-electron chi connectivity index (χ4n) is 4.45. The molecule has 4 aromatic rings. The molecule has 5 nitrogen and oxygen atoms in total. The van der Waals surface area contributed by atoms with Crippen LogP contribution >= 0.6 is 0 Å². The van der Waals surface area contributed by atoms with Crippen molar-refractivity contribution in [1.29, 1.82) is 0 Å². The van der Waals surface area contributed by atoms with Crippen LogP contribution in [0.3, 0.4) is 0 Å². The summed E-state index contributed by atoms with van der Waals surface area (Å²) in [4.78, 5) is 2.50. The molecule has 34 heavy (non-hydrogen) atoms. The Morgan fingerprint density at radius 3 is 2.15 bits per heavy atom. The van der Waals surface area contributed by atoms with E-state index >= 15 is 0 Å². The van der Waals surface area contributed by atoms with Crippen molar-refractivity contribution in [3.8, 4) is 39.7 Å². The van der Waals surface area contributed by atoms with E-state index in [1.54, 1.807) is 7.11 Å². The Labute approximate surface area is 201 Å². The summed E-state index contributed by atoms with van der Waals surface area (Å²) in [5.74, 6) is 1.74. The number of para-hydroxylation sites is 1. The average Bonchev–Trinajstić information content (AvgIpc) is 3.36. The van der Waals surface area contributed by atoms with Crippen LogP contribution in [0.4, 0.5) is 0 Å². The van der Waals surface area contributed by atoms with Gasteiger partial charge in [0, 0.05) is 17.7 Å². The molecule has 3 aromatic carbocycles. The van der Waals surface area contributed by atoms with Gasteiger partial charge in [-0.1, -0.05) is 24.6 Å². The van der Waals surface area contributed by atoms with E-state index in [4.69, 9.17) is 14.6 Å². The van der Waals surface area contributed by atoms with Gasteiger partial charge in [0.1, 0.15) is 18.1 Å². The molecule has 1 saturated heterocycles. The Morgan fingerprint density at radius 1 is 0.765 bits per heavy atom. The zero-order valence-electron chi connectivity index (χ0n) is 19.7. The van der Waals surface area contributed by atoms with Gasteiger partial charge in [0.05, 0.1) is 24.2 Å². The molecule has 0 bridgehead atoms. The van der Waals surface area contributed by atoms with Crippen LogP contribution < -0.4 is 9.47 Å². The number of nitrogens with zero attached hydrogens (tertiary/aromatic N) is 3. The minimum absolute atomic E-state index is 0.725. The molecule has 0 radical (unpaired) electrons. The minimum atomic E-state index is 0.725. The first kappa shape index (κ1) is 22.2. The van der Waals surface area contributed by atoms with Crippen LogP contribution in [-0.2, 0) is 0 Å². The third-order valence-corrected chi connectivity index (χ3v) is 6.37. The average molecular weight is 454 g/mol. The molecule has 0 spiro atoms. The number of hydrogen-bond donors (Lipinski definition) is 0. The van der Waals surface area contributed by atoms with Crippen molar-refractivity contribution in [2.75, 3.05) is 33.4 Å². The number of hydrogen-bond acceptors (Lipinski definition) is 4. The zero-order valence-corrected chi connectivity index (χ0v) is 19.7. The Bertz CT molecular complexity index is 1180. The molecule has 0 saturated carbocycles. The number of methoxy groups -OCH3 is 1. The Kier molecular flexibility index (Phi) is 6.91. The van der Waals surface area contributed by atoms with E-state index in [2.05, 4.69) is 47.4 Å². The molecular formula is C29H31N3O2. The lowest BCUT2D eigenvalue weighted by Crippen LogP contribution is -2.33. The Morgan fingerprint density at radius 2 is 1.44 bits per heavy atom. The van der Waals surface area contributed by atoms with Gasteiger partial charge in [-0.3, -0.25) is 4.90 Å². The number of likely N-dealkylation sites (tertiary alicyclic amines) is 1. The standard InChI is InChI=1S/C29H31N3O2/c1-33-26-14-10-23(11-15-26)28-22-29(32(30-28)25-8-4-2-5-9-25)24-12-16-27(17-13-24)34-21-20-31-18-6-3-7-19-31/h2,4-5,8-17,22H,3,6-7,18-21H2,1H3. The summed E-state index contributed by atoms with van der Waals surface area (Å²) >= 11 is 0. The smallest absolute Gasteiger partial charge is 0.119 e. The first-order valence-corrected chi connectivity index (χ1v) is 12.1. The van der Waals surface area contributed by atoms with Crippen molar-refractivity contribution < 1.29 is 9.47 Å². The molecule has 0 amide bonds. The molecule has 174 valence electrons. The highest BCUT2D eigenvalue weighted by Gasteiger charge is 2.14. The third kappa shape index (κ3) is 5.15. The molecule has 0 atom stereocenters. The number of rotatable bonds is 8. The van der Waals surface area contributed by atoms with Gasteiger partial charge in [-0.05, 0) is 92.7 Å². The van der Waals surface area contributed by atoms with E-state index in [0.29, 0.717) is 0 Å². The largest absolute Gasteiger partial charge is 0.497 e. The molecule has 1 aromatic heterocycles. The predicted molar refractivity (Wildman–Crippen MR) is 137 cm³/mol. The number of ether oxygens (including phenoxy) is 2. The molecule has 1 aliphatic heterocycles. The van der Waals surface area contributed by atoms with E-state index in [1.807, 2.05) is 47.1 Å². The molecule has 5 heteroatoms. The van der Waals surface area contributed by atoms with Gasteiger partial charge in [-0.2, -0.15) is 5.10 Å². The van der Waals surface area contributed by atoms with Gasteiger partial charge in [0.15, 0.2) is 0 Å². The summed E-state index contributed by atoms with van der Waals surface area (Å²) in [6, 6.07) is 28.7. The van der Waals surface area contributed by atoms with Gasteiger partial charge in [0.25, 0.3) is 0 Å². The van der Waals surface area contributed by atoms with Gasteiger partial charge < -0.3 is 9.47 Å². The second-order valence-corrected chi connectivity index (χ2v) is 8.67. The van der Waals surface area contributed by atoms with Crippen molar-refractivity contribution in [2.45, 2.75) is 19.3 Å². The zero-order chi connectivity index (χ0) is 23.2. The number of piperidine rings is 1. The highest BCUT2D eigenvalue weighted by Crippen LogP contribution is 2.30. The highest BCUT2D eigenvalue weighted by atomic mass is 16.5. The summed E-state index contributed by atoms with van der Waals surface area (Å²) < 4.78 is 13.3. The third-order valence-electron chi connectivity index (χ3n) is 6.37. The summed E-state index contributed by atoms with van der Waals surface area (Å²) in [5, 5.41) is 4.95. The van der Waals surface area contributed by atoms with Crippen LogP contribution in [0.25, 0.3) is 28.2 Å². The van der Waals surface area contributed by atoms with E-state index in [0.717, 1.165) is 52.9 Å². The molecule has 0 unspecified atom stereocenters. The highest BCUT2D eigenvalue weighted by molar-refractivity contribution is 5.71. The maximum absolute atomic E-state index is 6.03. The van der Waals surface area contributed by atoms with Crippen LogP contribution in [0, 0.1) is 0 Å². The second-order valence-electron chi connectivity index (χ2n) is 8.67. The van der Waals surface area contributed by atoms with Gasteiger partial charge >= 0.3 is 0 Å². The van der Waals surface area contributed by atoms with Crippen molar-refractivity contribution in [3.63, 3.8) is 0 Å². The lowest BCUT2D eigenvalue weighted by atomic mass is 10.1. The van der Waals surface area contributed by atoms with E-state index < -0.39 is 0 Å². The lowest BCUT2D eigenvalue weighted by Gasteiger charge is -2.26. The van der Waals surface area contributed by atoms with E-state index in [9.17, 15) is 0 Å². The van der Waals surface area contributed by atoms with Crippen LogP contribution in [0.5, 0.6) is 11.5 Å². The SMILES string of the molecule is COc1ccc(-c2cc(-c3ccc(OCCN4CCCCC4)cc3)n(-c3ccccc3)n2)cc1. The molecule has 0 aliphatic carbocycles. The van der Waals surface area contributed by atoms with Crippen molar-refractivity contribution in [2.24, 2.45) is 0 Å². The topological polar surface area (TPSA) is 39.5 Å². The van der Waals surface area contributed by atoms with Gasteiger partial charge in [-0.25, -0.2) is 4.68 Å². The summed E-state index contributed by atoms with van der Waals surface area (Å²) in [6.45, 7) is 4.11. The van der Waals surface area contributed by atoms with Crippen LogP contribution in [0.1, 0.15) is 19.3 Å². The summed E-state index contributed by atoms with van der Waals surface area (Å²) in [6.07, 6.45) is 3.98. The predicted octanol–water partition coefficient (Wildman–Crippen LogP) is 6.08. The fraction of sp³-hybridized carbons (Fsp3) is 0.276. The van der Waals surface area contributed by atoms with Crippen molar-refractivity contribution in [3.05, 3.63) is 84.9 Å².